The lowest BCUT2D eigenvalue weighted by Gasteiger charge is -2.23. The van der Waals surface area contributed by atoms with Gasteiger partial charge in [0, 0.05) is 31.6 Å². The van der Waals surface area contributed by atoms with Gasteiger partial charge in [0.2, 0.25) is 0 Å². The summed E-state index contributed by atoms with van der Waals surface area (Å²) in [6.45, 7) is 6.01. The van der Waals surface area contributed by atoms with Crippen LogP contribution in [0.4, 0.5) is 0 Å². The Bertz CT molecular complexity index is 403. The Labute approximate surface area is 137 Å². The summed E-state index contributed by atoms with van der Waals surface area (Å²) in [5.41, 5.74) is 1.13. The molecule has 19 heavy (non-hydrogen) atoms. The molecule has 0 amide bonds. The van der Waals surface area contributed by atoms with Gasteiger partial charge >= 0.3 is 0 Å². The van der Waals surface area contributed by atoms with E-state index in [1.807, 2.05) is 29.6 Å². The number of thioether (sulfide) groups is 1. The maximum Gasteiger partial charge on any atom is 0.191 e. The number of hydrogen-bond acceptors (Lipinski definition) is 3. The number of hydrogen-bond donors (Lipinski definition) is 2. The van der Waals surface area contributed by atoms with E-state index in [1.54, 1.807) is 13.2 Å². The van der Waals surface area contributed by atoms with Crippen molar-refractivity contribution in [3.8, 4) is 0 Å². The number of rotatable bonds is 5. The van der Waals surface area contributed by atoms with Crippen molar-refractivity contribution in [2.45, 2.75) is 25.1 Å². The maximum absolute atomic E-state index is 4.21. The predicted octanol–water partition coefficient (Wildman–Crippen LogP) is 1.84. The summed E-state index contributed by atoms with van der Waals surface area (Å²) in [5.74, 6) is 0.818. The highest BCUT2D eigenvalue weighted by Crippen LogP contribution is 2.19. The molecule has 0 aliphatic rings. The lowest BCUT2D eigenvalue weighted by atomic mass is 10.2. The number of nitrogens with one attached hydrogen (secondary N) is 2. The Morgan fingerprint density at radius 3 is 2.63 bits per heavy atom. The van der Waals surface area contributed by atoms with Crippen LogP contribution in [-0.4, -0.2) is 40.3 Å². The molecule has 0 aliphatic carbocycles. The molecule has 0 unspecified atom stereocenters. The summed E-state index contributed by atoms with van der Waals surface area (Å²) >= 11 is 1.84. The van der Waals surface area contributed by atoms with Crippen LogP contribution in [0.25, 0.3) is 0 Å². The first-order valence-electron chi connectivity index (χ1n) is 5.95. The SMILES string of the molecule is CN=C(NCc1ccnn1C)NCC(C)(C)SC.I. The van der Waals surface area contributed by atoms with Crippen molar-refractivity contribution >= 4 is 41.7 Å². The molecule has 110 valence electrons. The second kappa shape index (κ2) is 8.68. The van der Waals surface area contributed by atoms with Gasteiger partial charge in [-0.25, -0.2) is 0 Å². The first-order chi connectivity index (χ1) is 8.48. The second-order valence-electron chi connectivity index (χ2n) is 4.69. The lowest BCUT2D eigenvalue weighted by Crippen LogP contribution is -2.43. The number of aliphatic imine (C=N–C) groups is 1. The highest BCUT2D eigenvalue weighted by Gasteiger charge is 2.16. The summed E-state index contributed by atoms with van der Waals surface area (Å²) in [4.78, 5) is 4.21. The molecule has 0 aromatic carbocycles. The van der Waals surface area contributed by atoms with Crippen LogP contribution in [0.2, 0.25) is 0 Å². The number of guanidine groups is 1. The normalized spacial score (nSPS) is 11.9. The van der Waals surface area contributed by atoms with Gasteiger partial charge in [-0.15, -0.1) is 24.0 Å². The van der Waals surface area contributed by atoms with Gasteiger partial charge < -0.3 is 10.6 Å². The van der Waals surface area contributed by atoms with Crippen molar-refractivity contribution in [1.82, 2.24) is 20.4 Å². The quantitative estimate of drug-likeness (QED) is 0.453. The summed E-state index contributed by atoms with van der Waals surface area (Å²) in [5, 5.41) is 10.7. The standard InChI is InChI=1S/C12H23N5S.HI/c1-12(2,18-5)9-15-11(13-3)14-8-10-6-7-16-17(10)4;/h6-7H,8-9H2,1-5H3,(H2,13,14,15);1H. The molecule has 0 radical (unpaired) electrons. The Morgan fingerprint density at radius 2 is 2.16 bits per heavy atom. The zero-order chi connectivity index (χ0) is 13.6. The molecule has 1 heterocycles. The third-order valence-electron chi connectivity index (χ3n) is 2.82. The molecule has 0 fully saturated rings. The summed E-state index contributed by atoms with van der Waals surface area (Å²) < 4.78 is 2.05. The van der Waals surface area contributed by atoms with Gasteiger partial charge in [0.05, 0.1) is 12.2 Å². The van der Waals surface area contributed by atoms with E-state index < -0.39 is 0 Å². The fourth-order valence-electron chi connectivity index (χ4n) is 1.34. The van der Waals surface area contributed by atoms with Gasteiger partial charge in [0.1, 0.15) is 0 Å². The molecular weight excluding hydrogens is 373 g/mol. The van der Waals surface area contributed by atoms with Gasteiger partial charge in [-0.1, -0.05) is 0 Å². The lowest BCUT2D eigenvalue weighted by molar-refractivity contribution is 0.652. The monoisotopic (exact) mass is 397 g/mol. The van der Waals surface area contributed by atoms with Crippen molar-refractivity contribution in [2.75, 3.05) is 19.8 Å². The molecule has 0 atom stereocenters. The summed E-state index contributed by atoms with van der Waals surface area (Å²) in [7, 11) is 3.72. The van der Waals surface area contributed by atoms with E-state index in [0.717, 1.165) is 24.7 Å². The third-order valence-corrected chi connectivity index (χ3v) is 4.07. The fraction of sp³-hybridized carbons (Fsp3) is 0.667. The maximum atomic E-state index is 4.21. The Hall–Kier alpha value is -0.440. The molecule has 0 saturated carbocycles. The zero-order valence-corrected chi connectivity index (χ0v) is 15.4. The average molecular weight is 397 g/mol. The molecule has 0 spiro atoms. The highest BCUT2D eigenvalue weighted by molar-refractivity contribution is 14.0. The van der Waals surface area contributed by atoms with Crippen molar-refractivity contribution in [3.63, 3.8) is 0 Å². The number of aromatic nitrogens is 2. The minimum atomic E-state index is 0. The molecule has 7 heteroatoms. The van der Waals surface area contributed by atoms with E-state index in [1.165, 1.54) is 0 Å². The minimum absolute atomic E-state index is 0. The highest BCUT2D eigenvalue weighted by atomic mass is 127. The van der Waals surface area contributed by atoms with Crippen LogP contribution in [0.5, 0.6) is 0 Å². The Morgan fingerprint density at radius 1 is 1.47 bits per heavy atom. The van der Waals surface area contributed by atoms with E-state index in [0.29, 0.717) is 0 Å². The fourth-order valence-corrected chi connectivity index (χ4v) is 1.55. The van der Waals surface area contributed by atoms with E-state index in [-0.39, 0.29) is 28.7 Å². The topological polar surface area (TPSA) is 54.2 Å². The summed E-state index contributed by atoms with van der Waals surface area (Å²) in [6.07, 6.45) is 3.91. The van der Waals surface area contributed by atoms with E-state index >= 15 is 0 Å². The zero-order valence-electron chi connectivity index (χ0n) is 12.2. The average Bonchev–Trinajstić information content (AvgIpc) is 2.75. The van der Waals surface area contributed by atoms with Crippen LogP contribution in [-0.2, 0) is 13.6 Å². The van der Waals surface area contributed by atoms with Crippen molar-refractivity contribution < 1.29 is 0 Å². The molecule has 0 aliphatic heterocycles. The third kappa shape index (κ3) is 6.51. The van der Waals surface area contributed by atoms with Crippen LogP contribution < -0.4 is 10.6 Å². The molecule has 1 rings (SSSR count). The van der Waals surface area contributed by atoms with Crippen LogP contribution >= 0.6 is 35.7 Å². The molecular formula is C12H24IN5S. The Kier molecular flexibility index (Phi) is 8.47. The molecule has 1 aromatic heterocycles. The van der Waals surface area contributed by atoms with Crippen LogP contribution in [0.15, 0.2) is 17.3 Å². The van der Waals surface area contributed by atoms with Gasteiger partial charge in [-0.2, -0.15) is 16.9 Å². The minimum Gasteiger partial charge on any atom is -0.355 e. The van der Waals surface area contributed by atoms with Crippen molar-refractivity contribution in [2.24, 2.45) is 12.0 Å². The van der Waals surface area contributed by atoms with Gasteiger partial charge in [-0.05, 0) is 26.2 Å². The molecule has 5 nitrogen and oxygen atoms in total. The van der Waals surface area contributed by atoms with Crippen LogP contribution in [0.3, 0.4) is 0 Å². The van der Waals surface area contributed by atoms with Crippen molar-refractivity contribution in [1.29, 1.82) is 0 Å². The first-order valence-corrected chi connectivity index (χ1v) is 7.17. The van der Waals surface area contributed by atoms with Gasteiger partial charge in [-0.3, -0.25) is 9.67 Å². The second-order valence-corrected chi connectivity index (χ2v) is 6.20. The molecule has 0 saturated heterocycles. The number of halogens is 1. The Balaban J connectivity index is 0.00000324. The smallest absolute Gasteiger partial charge is 0.191 e. The molecule has 1 aromatic rings. The molecule has 0 bridgehead atoms. The first kappa shape index (κ1) is 18.6. The van der Waals surface area contributed by atoms with E-state index in [2.05, 4.69) is 40.8 Å². The van der Waals surface area contributed by atoms with Crippen molar-refractivity contribution in [3.05, 3.63) is 18.0 Å². The molecule has 2 N–H and O–H groups in total. The van der Waals surface area contributed by atoms with E-state index in [9.17, 15) is 0 Å². The largest absolute Gasteiger partial charge is 0.355 e. The summed E-state index contributed by atoms with van der Waals surface area (Å²) in [6, 6.07) is 1.99. The predicted molar refractivity (Wildman–Crippen MR) is 94.4 cm³/mol. The van der Waals surface area contributed by atoms with Crippen LogP contribution in [0, 0.1) is 0 Å². The number of aryl methyl sites for hydroxylation is 1. The van der Waals surface area contributed by atoms with Crippen LogP contribution in [0.1, 0.15) is 19.5 Å². The van der Waals surface area contributed by atoms with Gasteiger partial charge in [0.25, 0.3) is 0 Å². The number of nitrogens with zero attached hydrogens (tertiary/aromatic N) is 3. The van der Waals surface area contributed by atoms with Gasteiger partial charge in [0.15, 0.2) is 5.96 Å². The van der Waals surface area contributed by atoms with E-state index in [4.69, 9.17) is 0 Å².